The van der Waals surface area contributed by atoms with Crippen molar-refractivity contribution < 1.29 is 17.9 Å². The molecule has 1 aliphatic rings. The summed E-state index contributed by atoms with van der Waals surface area (Å²) in [5.41, 5.74) is 0.0477. The predicted octanol–water partition coefficient (Wildman–Crippen LogP) is 1.56. The van der Waals surface area contributed by atoms with Crippen LogP contribution in [0.1, 0.15) is 30.1 Å². The molecule has 0 aromatic heterocycles. The quantitative estimate of drug-likeness (QED) is 0.776. The Labute approximate surface area is 143 Å². The number of ether oxygens (including phenoxy) is 1. The molecule has 0 bridgehead atoms. The zero-order valence-corrected chi connectivity index (χ0v) is 14.9. The van der Waals surface area contributed by atoms with E-state index in [1.165, 1.54) is 19.2 Å². The van der Waals surface area contributed by atoms with E-state index in [4.69, 9.17) is 0 Å². The number of piperidine rings is 1. The number of benzene rings is 1. The maximum Gasteiger partial charge on any atom is 0.339 e. The summed E-state index contributed by atoms with van der Waals surface area (Å²) in [4.78, 5) is 11.7. The third-order valence-corrected chi connectivity index (χ3v) is 5.58. The van der Waals surface area contributed by atoms with Crippen LogP contribution in [-0.4, -0.2) is 40.6 Å². The van der Waals surface area contributed by atoms with E-state index in [1.807, 2.05) is 6.92 Å². The second-order valence-corrected chi connectivity index (χ2v) is 7.19. The third-order valence-electron chi connectivity index (χ3n) is 3.97. The summed E-state index contributed by atoms with van der Waals surface area (Å²) in [5.74, 6) is -0.415. The van der Waals surface area contributed by atoms with Crippen LogP contribution in [0, 0.1) is 5.92 Å². The van der Waals surface area contributed by atoms with Crippen LogP contribution in [0.5, 0.6) is 0 Å². The summed E-state index contributed by atoms with van der Waals surface area (Å²) in [6.45, 7) is 3.62. The van der Waals surface area contributed by atoms with Gasteiger partial charge in [-0.1, -0.05) is 12.1 Å². The fourth-order valence-corrected chi connectivity index (χ4v) is 4.20. The van der Waals surface area contributed by atoms with E-state index in [-0.39, 0.29) is 34.8 Å². The number of methoxy groups -OCH3 is 1. The van der Waals surface area contributed by atoms with Crippen molar-refractivity contribution in [1.82, 2.24) is 10.0 Å². The van der Waals surface area contributed by atoms with Gasteiger partial charge >= 0.3 is 5.97 Å². The van der Waals surface area contributed by atoms with Crippen LogP contribution in [0.2, 0.25) is 0 Å². The van der Waals surface area contributed by atoms with Crippen LogP contribution >= 0.6 is 12.4 Å². The van der Waals surface area contributed by atoms with Crippen LogP contribution in [0.4, 0.5) is 0 Å². The molecule has 0 saturated carbocycles. The Bertz CT molecular complexity index is 630. The molecule has 2 rings (SSSR count). The number of carbonyl (C=O) groups excluding carboxylic acids is 1. The fourth-order valence-electron chi connectivity index (χ4n) is 2.69. The van der Waals surface area contributed by atoms with Crippen LogP contribution in [0.25, 0.3) is 0 Å². The zero-order valence-electron chi connectivity index (χ0n) is 13.2. The summed E-state index contributed by atoms with van der Waals surface area (Å²) < 4.78 is 32.5. The van der Waals surface area contributed by atoms with Crippen molar-refractivity contribution in [3.8, 4) is 0 Å². The van der Waals surface area contributed by atoms with Gasteiger partial charge in [0.25, 0.3) is 0 Å². The van der Waals surface area contributed by atoms with Gasteiger partial charge in [0.15, 0.2) is 0 Å². The van der Waals surface area contributed by atoms with Crippen molar-refractivity contribution in [3.05, 3.63) is 29.8 Å². The lowest BCUT2D eigenvalue weighted by Crippen LogP contribution is -2.44. The van der Waals surface area contributed by atoms with E-state index in [9.17, 15) is 13.2 Å². The molecule has 1 aromatic rings. The predicted molar refractivity (Wildman–Crippen MR) is 90.4 cm³/mol. The van der Waals surface area contributed by atoms with Crippen molar-refractivity contribution in [3.63, 3.8) is 0 Å². The van der Waals surface area contributed by atoms with Gasteiger partial charge in [0, 0.05) is 6.04 Å². The highest BCUT2D eigenvalue weighted by molar-refractivity contribution is 7.89. The fraction of sp³-hybridized carbons (Fsp3) is 0.533. The van der Waals surface area contributed by atoms with Crippen LogP contribution in [0.3, 0.4) is 0 Å². The summed E-state index contributed by atoms with van der Waals surface area (Å²) in [5, 5.41) is 3.27. The monoisotopic (exact) mass is 362 g/mol. The van der Waals surface area contributed by atoms with Gasteiger partial charge in [-0.15, -0.1) is 12.4 Å². The Kier molecular flexibility index (Phi) is 7.47. The van der Waals surface area contributed by atoms with Gasteiger partial charge in [-0.25, -0.2) is 17.9 Å². The number of carbonyl (C=O) groups is 1. The van der Waals surface area contributed by atoms with Gasteiger partial charge in [-0.05, 0) is 50.9 Å². The smallest absolute Gasteiger partial charge is 0.339 e. The molecular weight excluding hydrogens is 340 g/mol. The molecule has 1 saturated heterocycles. The third kappa shape index (κ3) is 4.91. The SMILES string of the molecule is COC(=O)c1ccccc1S(=O)(=O)NC(C)C1CCCNC1.Cl. The number of hydrogen-bond acceptors (Lipinski definition) is 5. The minimum Gasteiger partial charge on any atom is -0.465 e. The van der Waals surface area contributed by atoms with Gasteiger partial charge < -0.3 is 10.1 Å². The molecule has 0 amide bonds. The largest absolute Gasteiger partial charge is 0.465 e. The first kappa shape index (κ1) is 19.9. The molecule has 2 N–H and O–H groups in total. The summed E-state index contributed by atoms with van der Waals surface area (Å²) in [6.07, 6.45) is 2.02. The molecule has 0 radical (unpaired) electrons. The Morgan fingerprint density at radius 2 is 2.09 bits per heavy atom. The second-order valence-electron chi connectivity index (χ2n) is 5.50. The Morgan fingerprint density at radius 1 is 1.39 bits per heavy atom. The number of esters is 1. The maximum atomic E-state index is 12.6. The molecule has 1 heterocycles. The Hall–Kier alpha value is -1.15. The molecule has 1 aliphatic heterocycles. The molecule has 130 valence electrons. The molecule has 23 heavy (non-hydrogen) atoms. The number of hydrogen-bond donors (Lipinski definition) is 2. The van der Waals surface area contributed by atoms with Gasteiger partial charge in [-0.3, -0.25) is 0 Å². The standard InChI is InChI=1S/C15H22N2O4S.ClH/c1-11(12-6-5-9-16-10-12)17-22(19,20)14-8-4-3-7-13(14)15(18)21-2;/h3-4,7-8,11-12,16-17H,5-6,9-10H2,1-2H3;1H. The van der Waals surface area contributed by atoms with Crippen molar-refractivity contribution in [2.75, 3.05) is 20.2 Å². The minimum absolute atomic E-state index is 0. The Balaban J connectivity index is 0.00000264. The highest BCUT2D eigenvalue weighted by atomic mass is 35.5. The van der Waals surface area contributed by atoms with E-state index < -0.39 is 16.0 Å². The molecule has 2 atom stereocenters. The lowest BCUT2D eigenvalue weighted by molar-refractivity contribution is 0.0596. The molecule has 1 fully saturated rings. The van der Waals surface area contributed by atoms with Crippen molar-refractivity contribution in [2.45, 2.75) is 30.7 Å². The van der Waals surface area contributed by atoms with Crippen molar-refractivity contribution in [1.29, 1.82) is 0 Å². The molecule has 8 heteroatoms. The lowest BCUT2D eigenvalue weighted by atomic mass is 9.94. The topological polar surface area (TPSA) is 84.5 Å². The van der Waals surface area contributed by atoms with E-state index in [0.29, 0.717) is 0 Å². The van der Waals surface area contributed by atoms with Crippen molar-refractivity contribution in [2.24, 2.45) is 5.92 Å². The maximum absolute atomic E-state index is 12.6. The molecular formula is C15H23ClN2O4S. The second kappa shape index (κ2) is 8.63. The van der Waals surface area contributed by atoms with Crippen LogP contribution in [-0.2, 0) is 14.8 Å². The molecule has 0 spiro atoms. The highest BCUT2D eigenvalue weighted by Crippen LogP contribution is 2.20. The Morgan fingerprint density at radius 3 is 2.70 bits per heavy atom. The van der Waals surface area contributed by atoms with Gasteiger partial charge in [0.1, 0.15) is 0 Å². The molecule has 0 aliphatic carbocycles. The van der Waals surface area contributed by atoms with E-state index in [2.05, 4.69) is 14.8 Å². The summed E-state index contributed by atoms with van der Waals surface area (Å²) >= 11 is 0. The highest BCUT2D eigenvalue weighted by Gasteiger charge is 2.28. The van der Waals surface area contributed by atoms with Crippen LogP contribution < -0.4 is 10.0 Å². The van der Waals surface area contributed by atoms with E-state index >= 15 is 0 Å². The average molecular weight is 363 g/mol. The zero-order chi connectivity index (χ0) is 16.2. The van der Waals surface area contributed by atoms with Gasteiger partial charge in [0.2, 0.25) is 10.0 Å². The molecule has 2 unspecified atom stereocenters. The normalized spacial score (nSPS) is 19.5. The van der Waals surface area contributed by atoms with Gasteiger partial charge in [-0.2, -0.15) is 0 Å². The number of sulfonamides is 1. The van der Waals surface area contributed by atoms with Crippen molar-refractivity contribution >= 4 is 28.4 Å². The number of rotatable bonds is 5. The van der Waals surface area contributed by atoms with Crippen LogP contribution in [0.15, 0.2) is 29.2 Å². The van der Waals surface area contributed by atoms with Gasteiger partial charge in [0.05, 0.1) is 17.6 Å². The molecule has 1 aromatic carbocycles. The lowest BCUT2D eigenvalue weighted by Gasteiger charge is -2.28. The average Bonchev–Trinajstić information content (AvgIpc) is 2.54. The van der Waals surface area contributed by atoms with E-state index in [1.54, 1.807) is 12.1 Å². The summed E-state index contributed by atoms with van der Waals surface area (Å²) in [7, 11) is -2.54. The summed E-state index contributed by atoms with van der Waals surface area (Å²) in [6, 6.07) is 5.87. The number of nitrogens with one attached hydrogen (secondary N) is 2. The van der Waals surface area contributed by atoms with E-state index in [0.717, 1.165) is 25.9 Å². The number of halogens is 1. The first-order chi connectivity index (χ1) is 10.5. The first-order valence-electron chi connectivity index (χ1n) is 7.36. The molecule has 6 nitrogen and oxygen atoms in total. The minimum atomic E-state index is -3.77. The first-order valence-corrected chi connectivity index (χ1v) is 8.84.